The van der Waals surface area contributed by atoms with Crippen LogP contribution in [-0.2, 0) is 0 Å². The topological polar surface area (TPSA) is 18.5 Å². The van der Waals surface area contributed by atoms with Gasteiger partial charge in [-0.2, -0.15) is 0 Å². The van der Waals surface area contributed by atoms with Gasteiger partial charge in [0.25, 0.3) is 0 Å². The molecule has 4 atom stereocenters. The Morgan fingerprint density at radius 3 is 2.89 bits per heavy atom. The van der Waals surface area contributed by atoms with Crippen molar-refractivity contribution in [1.29, 1.82) is 0 Å². The monoisotopic (exact) mass is 251 g/mol. The van der Waals surface area contributed by atoms with E-state index in [1.807, 2.05) is 0 Å². The van der Waals surface area contributed by atoms with Gasteiger partial charge in [0.05, 0.1) is 0 Å². The molecule has 1 N–H and O–H groups in total. The Morgan fingerprint density at radius 1 is 1.17 bits per heavy atom. The van der Waals surface area contributed by atoms with Crippen LogP contribution in [0.2, 0.25) is 0 Å². The molecule has 0 aromatic carbocycles. The van der Waals surface area contributed by atoms with E-state index in [-0.39, 0.29) is 0 Å². The molecule has 0 saturated carbocycles. The zero-order chi connectivity index (χ0) is 12.5. The normalized spacial score (nSPS) is 43.0. The first kappa shape index (κ1) is 12.9. The molecule has 18 heavy (non-hydrogen) atoms. The Kier molecular flexibility index (Phi) is 3.92. The third kappa shape index (κ3) is 2.73. The highest BCUT2D eigenvalue weighted by molar-refractivity contribution is 4.91. The number of nitrogens with zero attached hydrogens (tertiary/aromatic N) is 2. The standard InChI is InChI=1S/C15H29N3/c1-12-8-14(5-6-16-12)10-18-11-15-4-3-7-17(15)9-13(18)2/h12-16H,3-11H2,1-2H3. The van der Waals surface area contributed by atoms with Crippen LogP contribution in [0.4, 0.5) is 0 Å². The summed E-state index contributed by atoms with van der Waals surface area (Å²) in [6.45, 7) is 11.3. The molecule has 0 spiro atoms. The predicted molar refractivity (Wildman–Crippen MR) is 75.8 cm³/mol. The van der Waals surface area contributed by atoms with Gasteiger partial charge in [-0.05, 0) is 58.5 Å². The summed E-state index contributed by atoms with van der Waals surface area (Å²) >= 11 is 0. The van der Waals surface area contributed by atoms with E-state index in [0.29, 0.717) is 0 Å². The molecule has 0 aliphatic carbocycles. The largest absolute Gasteiger partial charge is 0.314 e. The van der Waals surface area contributed by atoms with Crippen molar-refractivity contribution in [2.24, 2.45) is 5.92 Å². The maximum Gasteiger partial charge on any atom is 0.0224 e. The maximum absolute atomic E-state index is 3.57. The number of piperazine rings is 1. The van der Waals surface area contributed by atoms with Crippen LogP contribution in [0, 0.1) is 5.92 Å². The number of hydrogen-bond donors (Lipinski definition) is 1. The van der Waals surface area contributed by atoms with Crippen LogP contribution in [0.15, 0.2) is 0 Å². The second-order valence-electron chi connectivity index (χ2n) is 6.84. The summed E-state index contributed by atoms with van der Waals surface area (Å²) < 4.78 is 0. The van der Waals surface area contributed by atoms with E-state index in [4.69, 9.17) is 0 Å². The van der Waals surface area contributed by atoms with Crippen molar-refractivity contribution in [2.45, 2.75) is 57.7 Å². The van der Waals surface area contributed by atoms with Crippen LogP contribution in [0.1, 0.15) is 39.5 Å². The van der Waals surface area contributed by atoms with Crippen molar-refractivity contribution >= 4 is 0 Å². The smallest absolute Gasteiger partial charge is 0.0224 e. The van der Waals surface area contributed by atoms with Gasteiger partial charge in [-0.25, -0.2) is 0 Å². The SMILES string of the molecule is CC1CC(CN2CC3CCCN3CC2C)CCN1. The molecule has 3 aliphatic rings. The van der Waals surface area contributed by atoms with Crippen molar-refractivity contribution < 1.29 is 0 Å². The number of piperidine rings is 1. The molecule has 3 aliphatic heterocycles. The second kappa shape index (κ2) is 5.48. The molecular formula is C15H29N3. The lowest BCUT2D eigenvalue weighted by atomic mass is 9.91. The molecule has 0 radical (unpaired) electrons. The third-order valence-electron chi connectivity index (χ3n) is 5.29. The Bertz CT molecular complexity index is 281. The number of nitrogens with one attached hydrogen (secondary N) is 1. The van der Waals surface area contributed by atoms with Gasteiger partial charge in [0.15, 0.2) is 0 Å². The quantitative estimate of drug-likeness (QED) is 0.803. The summed E-state index contributed by atoms with van der Waals surface area (Å²) in [6, 6.07) is 2.37. The van der Waals surface area contributed by atoms with E-state index in [9.17, 15) is 0 Å². The predicted octanol–water partition coefficient (Wildman–Crippen LogP) is 1.54. The minimum atomic E-state index is 0.729. The average Bonchev–Trinajstić information content (AvgIpc) is 2.76. The van der Waals surface area contributed by atoms with Crippen LogP contribution in [0.25, 0.3) is 0 Å². The van der Waals surface area contributed by atoms with Crippen molar-refractivity contribution in [2.75, 3.05) is 32.7 Å². The molecule has 3 heterocycles. The number of hydrogen-bond acceptors (Lipinski definition) is 3. The lowest BCUT2D eigenvalue weighted by Crippen LogP contribution is -2.56. The molecule has 104 valence electrons. The molecule has 0 bridgehead atoms. The Labute approximate surface area is 112 Å². The Morgan fingerprint density at radius 2 is 2.06 bits per heavy atom. The third-order valence-corrected chi connectivity index (χ3v) is 5.29. The summed E-state index contributed by atoms with van der Waals surface area (Å²) in [5.74, 6) is 0.927. The fourth-order valence-electron chi connectivity index (χ4n) is 4.23. The van der Waals surface area contributed by atoms with Gasteiger partial charge in [0.1, 0.15) is 0 Å². The van der Waals surface area contributed by atoms with Gasteiger partial charge in [-0.3, -0.25) is 9.80 Å². The Balaban J connectivity index is 1.55. The zero-order valence-electron chi connectivity index (χ0n) is 12.1. The highest BCUT2D eigenvalue weighted by atomic mass is 15.3. The second-order valence-corrected chi connectivity index (χ2v) is 6.84. The summed E-state index contributed by atoms with van der Waals surface area (Å²) in [7, 11) is 0. The zero-order valence-corrected chi connectivity index (χ0v) is 12.1. The molecule has 3 saturated heterocycles. The minimum Gasteiger partial charge on any atom is -0.314 e. The van der Waals surface area contributed by atoms with Crippen molar-refractivity contribution in [3.8, 4) is 0 Å². The molecule has 0 amide bonds. The van der Waals surface area contributed by atoms with Crippen molar-refractivity contribution in [3.63, 3.8) is 0 Å². The van der Waals surface area contributed by atoms with Crippen LogP contribution in [0.5, 0.6) is 0 Å². The Hall–Kier alpha value is -0.120. The van der Waals surface area contributed by atoms with Gasteiger partial charge in [0, 0.05) is 37.8 Å². The summed E-state index contributed by atoms with van der Waals surface area (Å²) in [4.78, 5) is 5.52. The highest BCUT2D eigenvalue weighted by Crippen LogP contribution is 2.26. The fraction of sp³-hybridized carbons (Fsp3) is 1.00. The van der Waals surface area contributed by atoms with E-state index < -0.39 is 0 Å². The highest BCUT2D eigenvalue weighted by Gasteiger charge is 2.35. The maximum atomic E-state index is 3.57. The van der Waals surface area contributed by atoms with E-state index in [1.165, 1.54) is 58.4 Å². The van der Waals surface area contributed by atoms with E-state index in [2.05, 4.69) is 29.0 Å². The van der Waals surface area contributed by atoms with E-state index >= 15 is 0 Å². The minimum absolute atomic E-state index is 0.729. The van der Waals surface area contributed by atoms with Gasteiger partial charge in [0.2, 0.25) is 0 Å². The molecule has 3 heteroatoms. The lowest BCUT2D eigenvalue weighted by molar-refractivity contribution is 0.0424. The first-order valence-corrected chi connectivity index (χ1v) is 7.94. The molecule has 3 rings (SSSR count). The van der Waals surface area contributed by atoms with Gasteiger partial charge in [-0.15, -0.1) is 0 Å². The average molecular weight is 251 g/mol. The molecule has 4 unspecified atom stereocenters. The van der Waals surface area contributed by atoms with Crippen LogP contribution in [-0.4, -0.2) is 60.6 Å². The van der Waals surface area contributed by atoms with Crippen LogP contribution < -0.4 is 5.32 Å². The summed E-state index contributed by atoms with van der Waals surface area (Å²) in [6.07, 6.45) is 5.61. The summed E-state index contributed by atoms with van der Waals surface area (Å²) in [5.41, 5.74) is 0. The van der Waals surface area contributed by atoms with Crippen molar-refractivity contribution in [1.82, 2.24) is 15.1 Å². The molecule has 3 nitrogen and oxygen atoms in total. The fourth-order valence-corrected chi connectivity index (χ4v) is 4.23. The van der Waals surface area contributed by atoms with Gasteiger partial charge in [-0.1, -0.05) is 0 Å². The number of rotatable bonds is 2. The van der Waals surface area contributed by atoms with Gasteiger partial charge < -0.3 is 5.32 Å². The molecule has 0 aromatic rings. The van der Waals surface area contributed by atoms with Crippen LogP contribution in [0.3, 0.4) is 0 Å². The number of fused-ring (bicyclic) bond motifs is 1. The molecular weight excluding hydrogens is 222 g/mol. The van der Waals surface area contributed by atoms with Gasteiger partial charge >= 0.3 is 0 Å². The lowest BCUT2D eigenvalue weighted by Gasteiger charge is -2.44. The first-order valence-electron chi connectivity index (χ1n) is 7.94. The molecule has 3 fully saturated rings. The van der Waals surface area contributed by atoms with Crippen molar-refractivity contribution in [3.05, 3.63) is 0 Å². The molecule has 0 aromatic heterocycles. The van der Waals surface area contributed by atoms with E-state index in [1.54, 1.807) is 0 Å². The van der Waals surface area contributed by atoms with Crippen LogP contribution >= 0.6 is 0 Å². The first-order chi connectivity index (χ1) is 8.72. The van der Waals surface area contributed by atoms with E-state index in [0.717, 1.165) is 24.0 Å². The summed E-state index contributed by atoms with van der Waals surface area (Å²) in [5, 5.41) is 3.57.